The fourth-order valence-corrected chi connectivity index (χ4v) is 4.84. The number of fused-ring (bicyclic) bond motifs is 1. The van der Waals surface area contributed by atoms with E-state index in [-0.39, 0.29) is 5.91 Å². The first-order valence-corrected chi connectivity index (χ1v) is 11.0. The fraction of sp³-hybridized carbons (Fsp3) is 0.0909. The molecule has 0 saturated heterocycles. The van der Waals surface area contributed by atoms with E-state index in [1.165, 1.54) is 0 Å². The minimum absolute atomic E-state index is 0.265. The molecule has 4 aromatic rings. The molecule has 1 atom stereocenters. The van der Waals surface area contributed by atoms with Crippen LogP contribution >= 0.6 is 11.3 Å². The molecule has 0 aliphatic carbocycles. The van der Waals surface area contributed by atoms with Gasteiger partial charge in [0.05, 0.1) is 31.5 Å². The Morgan fingerprint density at radius 1 is 1.04 bits per heavy atom. The third-order valence-electron chi connectivity index (χ3n) is 4.30. The summed E-state index contributed by atoms with van der Waals surface area (Å²) in [5.41, 5.74) is 3.03. The van der Waals surface area contributed by atoms with Gasteiger partial charge in [-0.2, -0.15) is 0 Å². The van der Waals surface area contributed by atoms with Crippen molar-refractivity contribution in [2.45, 2.75) is 11.8 Å². The van der Waals surface area contributed by atoms with Crippen LogP contribution in [-0.4, -0.2) is 20.9 Å². The molecule has 0 saturated carbocycles. The predicted octanol–water partition coefficient (Wildman–Crippen LogP) is 5.34. The van der Waals surface area contributed by atoms with Crippen LogP contribution in [-0.2, 0) is 10.8 Å². The monoisotopic (exact) mass is 406 g/mol. The lowest BCUT2D eigenvalue weighted by atomic mass is 10.1. The summed E-state index contributed by atoms with van der Waals surface area (Å²) < 4.78 is 13.4. The molecule has 0 radical (unpaired) electrons. The topological polar surface area (TPSA) is 59.1 Å². The SMILES string of the molecule is CC[S@@](=O)c1ccccc1C(=O)Nc1cccc(-c2nc3ccccc3s2)c1. The van der Waals surface area contributed by atoms with Crippen LogP contribution in [0.5, 0.6) is 0 Å². The maximum Gasteiger partial charge on any atom is 0.256 e. The van der Waals surface area contributed by atoms with Gasteiger partial charge in [0.15, 0.2) is 0 Å². The number of hydrogen-bond acceptors (Lipinski definition) is 4. The maximum atomic E-state index is 12.8. The second kappa shape index (κ2) is 8.04. The van der Waals surface area contributed by atoms with Crippen molar-refractivity contribution in [2.24, 2.45) is 0 Å². The molecule has 1 heterocycles. The van der Waals surface area contributed by atoms with E-state index in [2.05, 4.69) is 10.3 Å². The van der Waals surface area contributed by atoms with Gasteiger partial charge >= 0.3 is 0 Å². The Morgan fingerprint density at radius 2 is 1.82 bits per heavy atom. The average Bonchev–Trinajstić information content (AvgIpc) is 3.18. The van der Waals surface area contributed by atoms with E-state index in [0.717, 1.165) is 20.8 Å². The summed E-state index contributed by atoms with van der Waals surface area (Å²) in [5, 5.41) is 3.83. The van der Waals surface area contributed by atoms with Gasteiger partial charge in [0.1, 0.15) is 5.01 Å². The summed E-state index contributed by atoms with van der Waals surface area (Å²) in [6.45, 7) is 1.84. The zero-order valence-corrected chi connectivity index (χ0v) is 16.8. The van der Waals surface area contributed by atoms with Crippen molar-refractivity contribution in [1.82, 2.24) is 4.98 Å². The van der Waals surface area contributed by atoms with Crippen LogP contribution in [0, 0.1) is 0 Å². The molecule has 0 fully saturated rings. The molecular weight excluding hydrogens is 388 g/mol. The Balaban J connectivity index is 1.62. The van der Waals surface area contributed by atoms with Crippen LogP contribution in [0.25, 0.3) is 20.8 Å². The predicted molar refractivity (Wildman–Crippen MR) is 116 cm³/mol. The van der Waals surface area contributed by atoms with E-state index in [1.807, 2.05) is 55.5 Å². The second-order valence-electron chi connectivity index (χ2n) is 6.15. The van der Waals surface area contributed by atoms with Gasteiger partial charge in [-0.15, -0.1) is 11.3 Å². The number of rotatable bonds is 5. The minimum Gasteiger partial charge on any atom is -0.322 e. The van der Waals surface area contributed by atoms with E-state index < -0.39 is 10.8 Å². The number of nitrogens with zero attached hydrogens (tertiary/aromatic N) is 1. The Hall–Kier alpha value is -2.83. The van der Waals surface area contributed by atoms with Crippen LogP contribution < -0.4 is 5.32 Å². The molecule has 1 amide bonds. The van der Waals surface area contributed by atoms with Crippen LogP contribution in [0.3, 0.4) is 0 Å². The number of carbonyl (C=O) groups excluding carboxylic acids is 1. The number of hydrogen-bond donors (Lipinski definition) is 1. The van der Waals surface area contributed by atoms with Crippen molar-refractivity contribution in [3.63, 3.8) is 0 Å². The van der Waals surface area contributed by atoms with Crippen molar-refractivity contribution >= 4 is 43.9 Å². The van der Waals surface area contributed by atoms with E-state index in [0.29, 0.717) is 21.9 Å². The number of thiazole rings is 1. The standard InChI is InChI=1S/C22H18N2O2S2/c1-2-28(26)20-13-6-3-10-17(20)21(25)23-16-9-7-8-15(14-16)22-24-18-11-4-5-12-19(18)27-22/h3-14H,2H2,1H3,(H,23,25)/t28-/m1/s1. The van der Waals surface area contributed by atoms with Crippen LogP contribution in [0.4, 0.5) is 5.69 Å². The van der Waals surface area contributed by atoms with Gasteiger partial charge in [0.2, 0.25) is 0 Å². The lowest BCUT2D eigenvalue weighted by Gasteiger charge is -2.10. The van der Waals surface area contributed by atoms with Gasteiger partial charge < -0.3 is 5.32 Å². The van der Waals surface area contributed by atoms with Gasteiger partial charge in [-0.25, -0.2) is 4.98 Å². The van der Waals surface area contributed by atoms with Gasteiger partial charge in [-0.3, -0.25) is 9.00 Å². The van der Waals surface area contributed by atoms with Crippen molar-refractivity contribution in [1.29, 1.82) is 0 Å². The van der Waals surface area contributed by atoms with Gasteiger partial charge in [0.25, 0.3) is 5.91 Å². The quantitative estimate of drug-likeness (QED) is 0.486. The van der Waals surface area contributed by atoms with Crippen molar-refractivity contribution < 1.29 is 9.00 Å². The molecular formula is C22H18N2O2S2. The first-order valence-electron chi connectivity index (χ1n) is 8.90. The van der Waals surface area contributed by atoms with Crippen LogP contribution in [0.15, 0.2) is 77.7 Å². The molecule has 0 aliphatic rings. The molecule has 0 unspecified atom stereocenters. The Morgan fingerprint density at radius 3 is 2.64 bits per heavy atom. The zero-order chi connectivity index (χ0) is 19.5. The van der Waals surface area contributed by atoms with Crippen LogP contribution in [0.2, 0.25) is 0 Å². The number of amides is 1. The van der Waals surface area contributed by atoms with Gasteiger partial charge in [-0.05, 0) is 36.4 Å². The summed E-state index contributed by atoms with van der Waals surface area (Å²) in [6.07, 6.45) is 0. The number of carbonyl (C=O) groups is 1. The summed E-state index contributed by atoms with van der Waals surface area (Å²) >= 11 is 1.62. The molecule has 3 aromatic carbocycles. The lowest BCUT2D eigenvalue weighted by molar-refractivity contribution is 0.102. The highest BCUT2D eigenvalue weighted by Crippen LogP contribution is 2.31. The normalized spacial score (nSPS) is 12.0. The summed E-state index contributed by atoms with van der Waals surface area (Å²) in [7, 11) is -1.19. The molecule has 4 nitrogen and oxygen atoms in total. The average molecular weight is 407 g/mol. The first kappa shape index (κ1) is 18.5. The number of nitrogens with one attached hydrogen (secondary N) is 1. The third kappa shape index (κ3) is 3.74. The number of para-hydroxylation sites is 1. The molecule has 140 valence electrons. The third-order valence-corrected chi connectivity index (χ3v) is 6.76. The van der Waals surface area contributed by atoms with E-state index >= 15 is 0 Å². The molecule has 0 bridgehead atoms. The minimum atomic E-state index is -1.19. The maximum absolute atomic E-state index is 12.8. The van der Waals surface area contributed by atoms with Crippen molar-refractivity contribution in [3.8, 4) is 10.6 Å². The zero-order valence-electron chi connectivity index (χ0n) is 15.2. The highest BCUT2D eigenvalue weighted by atomic mass is 32.2. The lowest BCUT2D eigenvalue weighted by Crippen LogP contribution is -2.15. The first-order chi connectivity index (χ1) is 13.7. The largest absolute Gasteiger partial charge is 0.322 e. The van der Waals surface area contributed by atoms with Crippen molar-refractivity contribution in [2.75, 3.05) is 11.1 Å². The number of anilines is 1. The Bertz CT molecular complexity index is 1150. The summed E-state index contributed by atoms with van der Waals surface area (Å²) in [6, 6.07) is 22.7. The summed E-state index contributed by atoms with van der Waals surface area (Å²) in [4.78, 5) is 18.0. The molecule has 0 spiro atoms. The van der Waals surface area contributed by atoms with Gasteiger partial charge in [-0.1, -0.05) is 43.3 Å². The molecule has 4 rings (SSSR count). The Labute approximate surface area is 169 Å². The van der Waals surface area contributed by atoms with E-state index in [1.54, 1.807) is 35.6 Å². The van der Waals surface area contributed by atoms with Crippen molar-refractivity contribution in [3.05, 3.63) is 78.4 Å². The Kier molecular flexibility index (Phi) is 5.32. The molecule has 1 N–H and O–H groups in total. The van der Waals surface area contributed by atoms with Crippen LogP contribution in [0.1, 0.15) is 17.3 Å². The molecule has 6 heteroatoms. The summed E-state index contributed by atoms with van der Waals surface area (Å²) in [5.74, 6) is 0.205. The van der Waals surface area contributed by atoms with E-state index in [4.69, 9.17) is 0 Å². The molecule has 1 aromatic heterocycles. The fourth-order valence-electron chi connectivity index (χ4n) is 2.93. The molecule has 0 aliphatic heterocycles. The smallest absolute Gasteiger partial charge is 0.256 e. The second-order valence-corrected chi connectivity index (χ2v) is 8.89. The molecule has 28 heavy (non-hydrogen) atoms. The van der Waals surface area contributed by atoms with E-state index in [9.17, 15) is 9.00 Å². The number of aromatic nitrogens is 1. The highest BCUT2D eigenvalue weighted by Gasteiger charge is 2.15. The highest BCUT2D eigenvalue weighted by molar-refractivity contribution is 7.85. The van der Waals surface area contributed by atoms with Gasteiger partial charge in [0, 0.05) is 17.0 Å². The number of benzene rings is 3.